The van der Waals surface area contributed by atoms with E-state index in [-0.39, 0.29) is 12.6 Å². The summed E-state index contributed by atoms with van der Waals surface area (Å²) in [6.45, 7) is 7.88. The van der Waals surface area contributed by atoms with Crippen molar-refractivity contribution in [2.45, 2.75) is 46.1 Å². The van der Waals surface area contributed by atoms with Crippen LogP contribution in [-0.4, -0.2) is 54.7 Å². The molecule has 118 valence electrons. The standard InChI is InChI=1S/C14H29N3O3/c1-5-7-12(13(18)19)10-16-14(20)15-8-6-9-17(4)11(2)3/h11-12H,5-10H2,1-4H3,(H,18,19)(H2,15,16,20). The molecule has 0 bridgehead atoms. The molecule has 0 aliphatic carbocycles. The highest BCUT2D eigenvalue weighted by atomic mass is 16.4. The third-order valence-corrected chi connectivity index (χ3v) is 3.35. The zero-order valence-electron chi connectivity index (χ0n) is 13.1. The summed E-state index contributed by atoms with van der Waals surface area (Å²) < 4.78 is 0. The summed E-state index contributed by atoms with van der Waals surface area (Å²) >= 11 is 0. The lowest BCUT2D eigenvalue weighted by atomic mass is 10.0. The lowest BCUT2D eigenvalue weighted by Crippen LogP contribution is -2.41. The molecule has 0 fully saturated rings. The SMILES string of the molecule is CCCC(CNC(=O)NCCCN(C)C(C)C)C(=O)O. The van der Waals surface area contributed by atoms with Crippen LogP contribution in [0, 0.1) is 5.92 Å². The number of carbonyl (C=O) groups excluding carboxylic acids is 1. The fraction of sp³-hybridized carbons (Fsp3) is 0.857. The summed E-state index contributed by atoms with van der Waals surface area (Å²) in [7, 11) is 2.05. The van der Waals surface area contributed by atoms with Gasteiger partial charge in [-0.05, 0) is 40.3 Å². The lowest BCUT2D eigenvalue weighted by molar-refractivity contribution is -0.141. The minimum Gasteiger partial charge on any atom is -0.481 e. The quantitative estimate of drug-likeness (QED) is 0.532. The number of hydrogen-bond donors (Lipinski definition) is 3. The highest BCUT2D eigenvalue weighted by Gasteiger charge is 2.16. The van der Waals surface area contributed by atoms with Crippen molar-refractivity contribution in [2.24, 2.45) is 5.92 Å². The number of hydrogen-bond acceptors (Lipinski definition) is 3. The predicted octanol–water partition coefficient (Wildman–Crippen LogP) is 1.52. The predicted molar refractivity (Wildman–Crippen MR) is 79.8 cm³/mol. The van der Waals surface area contributed by atoms with E-state index in [4.69, 9.17) is 5.11 Å². The fourth-order valence-electron chi connectivity index (χ4n) is 1.73. The fourth-order valence-corrected chi connectivity index (χ4v) is 1.73. The smallest absolute Gasteiger partial charge is 0.314 e. The van der Waals surface area contributed by atoms with Gasteiger partial charge in [0.15, 0.2) is 0 Å². The number of aliphatic carboxylic acids is 1. The van der Waals surface area contributed by atoms with Crippen molar-refractivity contribution >= 4 is 12.0 Å². The second-order valence-electron chi connectivity index (χ2n) is 5.39. The van der Waals surface area contributed by atoms with Gasteiger partial charge in [0.05, 0.1) is 5.92 Å². The Morgan fingerprint density at radius 2 is 1.90 bits per heavy atom. The zero-order chi connectivity index (χ0) is 15.5. The first-order valence-corrected chi connectivity index (χ1v) is 7.33. The Hall–Kier alpha value is -1.30. The van der Waals surface area contributed by atoms with Gasteiger partial charge < -0.3 is 20.6 Å². The monoisotopic (exact) mass is 287 g/mol. The van der Waals surface area contributed by atoms with Crippen LogP contribution in [-0.2, 0) is 4.79 Å². The average Bonchev–Trinajstić information content (AvgIpc) is 2.38. The van der Waals surface area contributed by atoms with Gasteiger partial charge in [0.2, 0.25) is 0 Å². The second-order valence-corrected chi connectivity index (χ2v) is 5.39. The van der Waals surface area contributed by atoms with Gasteiger partial charge in [0.1, 0.15) is 0 Å². The van der Waals surface area contributed by atoms with Crippen molar-refractivity contribution in [3.63, 3.8) is 0 Å². The molecular weight excluding hydrogens is 258 g/mol. The van der Waals surface area contributed by atoms with Gasteiger partial charge in [0, 0.05) is 19.1 Å². The number of nitrogens with zero attached hydrogens (tertiary/aromatic N) is 1. The van der Waals surface area contributed by atoms with Crippen LogP contribution in [0.3, 0.4) is 0 Å². The minimum absolute atomic E-state index is 0.181. The molecular formula is C14H29N3O3. The first kappa shape index (κ1) is 18.7. The molecule has 1 atom stereocenters. The van der Waals surface area contributed by atoms with Crippen LogP contribution in [0.2, 0.25) is 0 Å². The van der Waals surface area contributed by atoms with E-state index in [1.807, 2.05) is 14.0 Å². The second kappa shape index (κ2) is 10.5. The van der Waals surface area contributed by atoms with Crippen molar-refractivity contribution in [2.75, 3.05) is 26.7 Å². The van der Waals surface area contributed by atoms with Crippen LogP contribution >= 0.6 is 0 Å². The molecule has 0 saturated heterocycles. The van der Waals surface area contributed by atoms with Crippen molar-refractivity contribution < 1.29 is 14.7 Å². The van der Waals surface area contributed by atoms with E-state index in [1.54, 1.807) is 0 Å². The van der Waals surface area contributed by atoms with Gasteiger partial charge in [0.25, 0.3) is 0 Å². The number of amides is 2. The van der Waals surface area contributed by atoms with Crippen molar-refractivity contribution in [1.29, 1.82) is 0 Å². The number of carboxylic acids is 1. The van der Waals surface area contributed by atoms with Crippen LogP contribution < -0.4 is 10.6 Å². The molecule has 0 aliphatic rings. The summed E-state index contributed by atoms with van der Waals surface area (Å²) in [6, 6.07) is 0.203. The maximum atomic E-state index is 11.5. The first-order valence-electron chi connectivity index (χ1n) is 7.33. The number of nitrogens with one attached hydrogen (secondary N) is 2. The topological polar surface area (TPSA) is 81.7 Å². The Kier molecular flexibility index (Phi) is 9.80. The number of carbonyl (C=O) groups is 2. The first-order chi connectivity index (χ1) is 9.38. The summed E-state index contributed by atoms with van der Waals surface area (Å²) in [5.41, 5.74) is 0. The molecule has 6 nitrogen and oxygen atoms in total. The molecule has 2 amide bonds. The Morgan fingerprint density at radius 1 is 1.25 bits per heavy atom. The van der Waals surface area contributed by atoms with Gasteiger partial charge in [-0.25, -0.2) is 4.79 Å². The van der Waals surface area contributed by atoms with E-state index in [2.05, 4.69) is 29.4 Å². The molecule has 3 N–H and O–H groups in total. The van der Waals surface area contributed by atoms with E-state index < -0.39 is 11.9 Å². The third kappa shape index (κ3) is 8.74. The van der Waals surface area contributed by atoms with E-state index >= 15 is 0 Å². The van der Waals surface area contributed by atoms with E-state index in [0.717, 1.165) is 19.4 Å². The van der Waals surface area contributed by atoms with E-state index in [0.29, 0.717) is 19.0 Å². The van der Waals surface area contributed by atoms with Crippen molar-refractivity contribution in [3.05, 3.63) is 0 Å². The van der Waals surface area contributed by atoms with Crippen molar-refractivity contribution in [3.8, 4) is 0 Å². The Labute approximate surface area is 121 Å². The van der Waals surface area contributed by atoms with E-state index in [1.165, 1.54) is 0 Å². The highest BCUT2D eigenvalue weighted by Crippen LogP contribution is 2.04. The summed E-state index contributed by atoms with van der Waals surface area (Å²) in [4.78, 5) is 24.7. The molecule has 6 heteroatoms. The average molecular weight is 287 g/mol. The lowest BCUT2D eigenvalue weighted by Gasteiger charge is -2.20. The number of rotatable bonds is 10. The van der Waals surface area contributed by atoms with Gasteiger partial charge in [-0.3, -0.25) is 4.79 Å². The van der Waals surface area contributed by atoms with Crippen LogP contribution in [0.25, 0.3) is 0 Å². The van der Waals surface area contributed by atoms with Crippen LogP contribution in [0.5, 0.6) is 0 Å². The van der Waals surface area contributed by atoms with Gasteiger partial charge in [-0.15, -0.1) is 0 Å². The van der Waals surface area contributed by atoms with Crippen LogP contribution in [0.1, 0.15) is 40.0 Å². The molecule has 0 heterocycles. The number of urea groups is 1. The normalized spacial score (nSPS) is 12.5. The molecule has 0 aromatic carbocycles. The Morgan fingerprint density at radius 3 is 2.40 bits per heavy atom. The Bertz CT molecular complexity index is 295. The highest BCUT2D eigenvalue weighted by molar-refractivity contribution is 5.75. The third-order valence-electron chi connectivity index (χ3n) is 3.35. The maximum absolute atomic E-state index is 11.5. The molecule has 0 saturated carbocycles. The zero-order valence-corrected chi connectivity index (χ0v) is 13.1. The Balaban J connectivity index is 3.75. The van der Waals surface area contributed by atoms with Crippen molar-refractivity contribution in [1.82, 2.24) is 15.5 Å². The molecule has 20 heavy (non-hydrogen) atoms. The van der Waals surface area contributed by atoms with Gasteiger partial charge in [-0.2, -0.15) is 0 Å². The molecule has 0 aromatic rings. The van der Waals surface area contributed by atoms with Crippen LogP contribution in [0.15, 0.2) is 0 Å². The molecule has 0 aliphatic heterocycles. The summed E-state index contributed by atoms with van der Waals surface area (Å²) in [5.74, 6) is -1.36. The molecule has 0 spiro atoms. The van der Waals surface area contributed by atoms with E-state index in [9.17, 15) is 9.59 Å². The molecule has 0 radical (unpaired) electrons. The summed E-state index contributed by atoms with van der Waals surface area (Å²) in [5, 5.41) is 14.3. The van der Waals surface area contributed by atoms with Gasteiger partial charge >= 0.3 is 12.0 Å². The summed E-state index contributed by atoms with van der Waals surface area (Å²) in [6.07, 6.45) is 2.25. The minimum atomic E-state index is -0.856. The van der Waals surface area contributed by atoms with Crippen LogP contribution in [0.4, 0.5) is 4.79 Å². The molecule has 0 aromatic heterocycles. The molecule has 1 unspecified atom stereocenters. The number of carboxylic acid groups (broad SMARTS) is 1. The van der Waals surface area contributed by atoms with Gasteiger partial charge in [-0.1, -0.05) is 13.3 Å². The maximum Gasteiger partial charge on any atom is 0.314 e. The largest absolute Gasteiger partial charge is 0.481 e. The molecule has 0 rings (SSSR count).